The van der Waals surface area contributed by atoms with Gasteiger partial charge in [-0.25, -0.2) is 0 Å². The number of fused-ring (bicyclic) bond motifs is 2. The Hall–Kier alpha value is -3.13. The Kier molecular flexibility index (Phi) is 4.16. The lowest BCUT2D eigenvalue weighted by atomic mass is 9.90. The minimum Gasteiger partial charge on any atom is -0.492 e. The van der Waals surface area contributed by atoms with Crippen molar-refractivity contribution in [2.45, 2.75) is 26.3 Å². The third-order valence-corrected chi connectivity index (χ3v) is 5.73. The summed E-state index contributed by atoms with van der Waals surface area (Å²) >= 11 is 0. The van der Waals surface area contributed by atoms with E-state index in [0.717, 1.165) is 46.9 Å². The van der Waals surface area contributed by atoms with Crippen molar-refractivity contribution in [2.24, 2.45) is 0 Å². The van der Waals surface area contributed by atoms with E-state index in [1.54, 1.807) is 7.11 Å². The fraction of sp³-hybridized carbons (Fsp3) is 0.381. The first-order valence-electron chi connectivity index (χ1n) is 9.64. The number of hydrogen-bond acceptors (Lipinski definition) is 7. The number of likely N-dealkylation sites (N-methyl/N-ethyl adjacent to an activating group) is 1. The molecule has 0 saturated heterocycles. The molecule has 8 nitrogen and oxygen atoms in total. The van der Waals surface area contributed by atoms with Crippen LogP contribution in [0.2, 0.25) is 0 Å². The number of tetrazole rings is 1. The second kappa shape index (κ2) is 6.73. The predicted molar refractivity (Wildman–Crippen MR) is 106 cm³/mol. The molecular formula is C21H23N5O3. The highest BCUT2D eigenvalue weighted by atomic mass is 16.7. The molecule has 2 aromatic carbocycles. The topological polar surface area (TPSA) is 74.5 Å². The summed E-state index contributed by atoms with van der Waals surface area (Å²) in [6.07, 6.45) is 0.889. The SMILES string of the molecule is COc1c2c(cc3c1C(c1nnnn1-c1cc(C)ccc1C)N(C)CC3)OCO2. The van der Waals surface area contributed by atoms with E-state index < -0.39 is 0 Å². The third kappa shape index (κ3) is 2.74. The summed E-state index contributed by atoms with van der Waals surface area (Å²) in [6, 6.07) is 8.18. The number of aryl methyl sites for hydroxylation is 2. The van der Waals surface area contributed by atoms with E-state index in [-0.39, 0.29) is 12.8 Å². The molecule has 2 aliphatic rings. The molecule has 8 heteroatoms. The minimum atomic E-state index is -0.168. The highest BCUT2D eigenvalue weighted by Crippen LogP contribution is 2.50. The maximum atomic E-state index is 5.81. The van der Waals surface area contributed by atoms with Gasteiger partial charge in [0.2, 0.25) is 12.5 Å². The lowest BCUT2D eigenvalue weighted by Gasteiger charge is -2.34. The maximum Gasteiger partial charge on any atom is 0.231 e. The van der Waals surface area contributed by atoms with E-state index in [2.05, 4.69) is 65.6 Å². The average Bonchev–Trinajstić information content (AvgIpc) is 3.37. The summed E-state index contributed by atoms with van der Waals surface area (Å²) in [4.78, 5) is 2.25. The van der Waals surface area contributed by atoms with E-state index in [1.165, 1.54) is 5.56 Å². The number of benzene rings is 2. The molecule has 0 saturated carbocycles. The number of aromatic nitrogens is 4. The number of hydrogen-bond donors (Lipinski definition) is 0. The molecule has 3 aromatic rings. The van der Waals surface area contributed by atoms with Crippen molar-refractivity contribution >= 4 is 0 Å². The molecule has 3 heterocycles. The van der Waals surface area contributed by atoms with Crippen molar-refractivity contribution in [1.29, 1.82) is 0 Å². The standard InChI is InChI=1S/C21H23N5O3/c1-12-5-6-13(2)15(9-12)26-21(22-23-24-26)18-17-14(7-8-25(18)3)10-16-19(20(17)27-4)29-11-28-16/h5-6,9-10,18H,7-8,11H2,1-4H3. The van der Waals surface area contributed by atoms with Crippen molar-refractivity contribution in [3.63, 3.8) is 0 Å². The summed E-state index contributed by atoms with van der Waals surface area (Å²) in [5.74, 6) is 2.83. The fourth-order valence-corrected chi connectivity index (χ4v) is 4.24. The van der Waals surface area contributed by atoms with Crippen LogP contribution >= 0.6 is 0 Å². The zero-order valence-corrected chi connectivity index (χ0v) is 17.0. The van der Waals surface area contributed by atoms with E-state index in [9.17, 15) is 0 Å². The van der Waals surface area contributed by atoms with Crippen LogP contribution in [-0.2, 0) is 6.42 Å². The third-order valence-electron chi connectivity index (χ3n) is 5.73. The largest absolute Gasteiger partial charge is 0.492 e. The quantitative estimate of drug-likeness (QED) is 0.677. The molecule has 2 aliphatic heterocycles. The van der Waals surface area contributed by atoms with Crippen LogP contribution in [0.25, 0.3) is 5.69 Å². The van der Waals surface area contributed by atoms with Crippen LogP contribution in [0.3, 0.4) is 0 Å². The van der Waals surface area contributed by atoms with Gasteiger partial charge in [-0.1, -0.05) is 12.1 Å². The normalized spacial score (nSPS) is 18.0. The second-order valence-corrected chi connectivity index (χ2v) is 7.59. The summed E-state index contributed by atoms with van der Waals surface area (Å²) in [5, 5.41) is 12.8. The minimum absolute atomic E-state index is 0.168. The van der Waals surface area contributed by atoms with Gasteiger partial charge in [-0.3, -0.25) is 4.90 Å². The van der Waals surface area contributed by atoms with Gasteiger partial charge in [-0.15, -0.1) is 5.10 Å². The lowest BCUT2D eigenvalue weighted by molar-refractivity contribution is 0.170. The second-order valence-electron chi connectivity index (χ2n) is 7.59. The molecule has 0 fully saturated rings. The zero-order valence-electron chi connectivity index (χ0n) is 17.0. The molecule has 0 amide bonds. The summed E-state index contributed by atoms with van der Waals surface area (Å²) < 4.78 is 19.0. The van der Waals surface area contributed by atoms with Crippen LogP contribution in [0.5, 0.6) is 17.2 Å². The average molecular weight is 393 g/mol. The molecule has 1 aromatic heterocycles. The van der Waals surface area contributed by atoms with E-state index in [4.69, 9.17) is 14.2 Å². The predicted octanol–water partition coefficient (Wildman–Crippen LogP) is 2.59. The Balaban J connectivity index is 1.72. The molecule has 29 heavy (non-hydrogen) atoms. The summed E-state index contributed by atoms with van der Waals surface area (Å²) in [6.45, 7) is 5.21. The molecule has 0 N–H and O–H groups in total. The van der Waals surface area contributed by atoms with Gasteiger partial charge in [-0.2, -0.15) is 4.68 Å². The van der Waals surface area contributed by atoms with E-state index >= 15 is 0 Å². The molecule has 5 rings (SSSR count). The van der Waals surface area contributed by atoms with Crippen LogP contribution in [0.4, 0.5) is 0 Å². The Bertz CT molecular complexity index is 1090. The lowest BCUT2D eigenvalue weighted by Crippen LogP contribution is -2.35. The summed E-state index contributed by atoms with van der Waals surface area (Å²) in [7, 11) is 3.75. The molecule has 0 radical (unpaired) electrons. The molecule has 1 atom stereocenters. The van der Waals surface area contributed by atoms with Crippen molar-refractivity contribution in [3.8, 4) is 22.9 Å². The molecule has 0 spiro atoms. The molecule has 150 valence electrons. The Morgan fingerprint density at radius 1 is 1.17 bits per heavy atom. The van der Waals surface area contributed by atoms with Gasteiger partial charge in [0.05, 0.1) is 12.8 Å². The van der Waals surface area contributed by atoms with Crippen molar-refractivity contribution in [1.82, 2.24) is 25.1 Å². The molecule has 0 aliphatic carbocycles. The van der Waals surface area contributed by atoms with Crippen molar-refractivity contribution in [2.75, 3.05) is 27.5 Å². The Morgan fingerprint density at radius 2 is 2.03 bits per heavy atom. The molecule has 1 unspecified atom stereocenters. The first-order valence-corrected chi connectivity index (χ1v) is 9.64. The van der Waals surface area contributed by atoms with Gasteiger partial charge in [0.1, 0.15) is 6.04 Å². The summed E-state index contributed by atoms with van der Waals surface area (Å²) in [5.41, 5.74) is 5.45. The van der Waals surface area contributed by atoms with Crippen LogP contribution < -0.4 is 14.2 Å². The van der Waals surface area contributed by atoms with Gasteiger partial charge in [0, 0.05) is 12.1 Å². The van der Waals surface area contributed by atoms with Crippen LogP contribution in [-0.4, -0.2) is 52.6 Å². The molecule has 0 bridgehead atoms. The van der Waals surface area contributed by atoms with E-state index in [0.29, 0.717) is 11.5 Å². The van der Waals surface area contributed by atoms with Crippen molar-refractivity contribution < 1.29 is 14.2 Å². The van der Waals surface area contributed by atoms with Gasteiger partial charge >= 0.3 is 0 Å². The number of ether oxygens (including phenoxy) is 3. The van der Waals surface area contributed by atoms with Crippen LogP contribution in [0.15, 0.2) is 24.3 Å². The fourth-order valence-electron chi connectivity index (χ4n) is 4.24. The van der Waals surface area contributed by atoms with Crippen LogP contribution in [0, 0.1) is 13.8 Å². The molecular weight excluding hydrogens is 370 g/mol. The number of nitrogens with zero attached hydrogens (tertiary/aromatic N) is 5. The number of methoxy groups -OCH3 is 1. The Morgan fingerprint density at radius 3 is 2.86 bits per heavy atom. The zero-order chi connectivity index (χ0) is 20.1. The highest BCUT2D eigenvalue weighted by molar-refractivity contribution is 5.62. The van der Waals surface area contributed by atoms with Gasteiger partial charge in [0.25, 0.3) is 0 Å². The van der Waals surface area contributed by atoms with Gasteiger partial charge in [0.15, 0.2) is 17.3 Å². The van der Waals surface area contributed by atoms with E-state index in [1.807, 2.05) is 4.68 Å². The maximum absolute atomic E-state index is 5.81. The Labute approximate surface area is 169 Å². The smallest absolute Gasteiger partial charge is 0.231 e. The monoisotopic (exact) mass is 393 g/mol. The van der Waals surface area contributed by atoms with Crippen LogP contribution in [0.1, 0.15) is 34.1 Å². The first-order chi connectivity index (χ1) is 14.1. The highest BCUT2D eigenvalue weighted by Gasteiger charge is 2.37. The van der Waals surface area contributed by atoms with Crippen molar-refractivity contribution in [3.05, 3.63) is 52.3 Å². The first kappa shape index (κ1) is 17.9. The van der Waals surface area contributed by atoms with Gasteiger partial charge in [-0.05, 0) is 66.6 Å². The van der Waals surface area contributed by atoms with Gasteiger partial charge < -0.3 is 14.2 Å². The number of rotatable bonds is 3.